The minimum Gasteiger partial charge on any atom is -0.481 e. The summed E-state index contributed by atoms with van der Waals surface area (Å²) in [6.07, 6.45) is -0.475. The molecule has 1 N–H and O–H groups in total. The van der Waals surface area contributed by atoms with Crippen molar-refractivity contribution in [3.8, 4) is 0 Å². The first-order valence-electron chi connectivity index (χ1n) is 5.36. The molecule has 0 radical (unpaired) electrons. The van der Waals surface area contributed by atoms with Gasteiger partial charge in [-0.15, -0.1) is 0 Å². The molecule has 1 saturated heterocycles. The molecule has 0 aromatic heterocycles. The molecule has 92 valence electrons. The molecule has 1 fully saturated rings. The molecule has 0 bridgehead atoms. The minimum atomic E-state index is -0.956. The average molecular weight is 231 g/mol. The van der Waals surface area contributed by atoms with Gasteiger partial charge in [0.2, 0.25) is 5.91 Å². The first-order chi connectivity index (χ1) is 7.63. The first-order valence-corrected chi connectivity index (χ1v) is 5.36. The maximum atomic E-state index is 11.6. The maximum absolute atomic E-state index is 11.6. The van der Waals surface area contributed by atoms with Crippen molar-refractivity contribution in [3.63, 3.8) is 0 Å². The Kier molecular flexibility index (Phi) is 5.21. The molecule has 1 atom stereocenters. The molecule has 6 nitrogen and oxygen atoms in total. The summed E-state index contributed by atoms with van der Waals surface area (Å²) >= 11 is 0. The molecule has 0 spiro atoms. The second-order valence-electron chi connectivity index (χ2n) is 3.49. The molecule has 0 saturated carbocycles. The van der Waals surface area contributed by atoms with Crippen LogP contribution >= 0.6 is 0 Å². The quantitative estimate of drug-likeness (QED) is 0.724. The van der Waals surface area contributed by atoms with E-state index in [-0.39, 0.29) is 25.0 Å². The van der Waals surface area contributed by atoms with Gasteiger partial charge in [-0.25, -0.2) is 0 Å². The lowest BCUT2D eigenvalue weighted by molar-refractivity contribution is -0.183. The van der Waals surface area contributed by atoms with E-state index in [0.29, 0.717) is 26.3 Å². The fourth-order valence-electron chi connectivity index (χ4n) is 1.50. The SMILES string of the molecule is CCO[C@H]1CN(C(=O)CCC(=O)O)CCO1. The Morgan fingerprint density at radius 3 is 2.88 bits per heavy atom. The van der Waals surface area contributed by atoms with Gasteiger partial charge in [-0.2, -0.15) is 0 Å². The highest BCUT2D eigenvalue weighted by Gasteiger charge is 2.24. The van der Waals surface area contributed by atoms with Crippen LogP contribution in [0.3, 0.4) is 0 Å². The fraction of sp³-hybridized carbons (Fsp3) is 0.800. The highest BCUT2D eigenvalue weighted by atomic mass is 16.7. The lowest BCUT2D eigenvalue weighted by Gasteiger charge is -2.32. The van der Waals surface area contributed by atoms with Crippen molar-refractivity contribution < 1.29 is 24.2 Å². The molecule has 1 heterocycles. The maximum Gasteiger partial charge on any atom is 0.303 e. The van der Waals surface area contributed by atoms with Crippen molar-refractivity contribution >= 4 is 11.9 Å². The predicted molar refractivity (Wildman–Crippen MR) is 54.8 cm³/mol. The van der Waals surface area contributed by atoms with Gasteiger partial charge in [0.05, 0.1) is 19.6 Å². The summed E-state index contributed by atoms with van der Waals surface area (Å²) in [5.74, 6) is -1.11. The number of rotatable bonds is 5. The van der Waals surface area contributed by atoms with Gasteiger partial charge in [-0.3, -0.25) is 9.59 Å². The monoisotopic (exact) mass is 231 g/mol. The summed E-state index contributed by atoms with van der Waals surface area (Å²) in [5.41, 5.74) is 0. The summed E-state index contributed by atoms with van der Waals surface area (Å²) < 4.78 is 10.5. The smallest absolute Gasteiger partial charge is 0.303 e. The number of morpholine rings is 1. The van der Waals surface area contributed by atoms with Gasteiger partial charge in [0, 0.05) is 19.6 Å². The van der Waals surface area contributed by atoms with Gasteiger partial charge in [0.1, 0.15) is 0 Å². The van der Waals surface area contributed by atoms with E-state index in [0.717, 1.165) is 0 Å². The lowest BCUT2D eigenvalue weighted by Crippen LogP contribution is -2.46. The fourth-order valence-corrected chi connectivity index (χ4v) is 1.50. The zero-order valence-electron chi connectivity index (χ0n) is 9.35. The van der Waals surface area contributed by atoms with Crippen molar-refractivity contribution in [1.82, 2.24) is 4.90 Å². The predicted octanol–water partition coefficient (Wildman–Crippen LogP) is 0.0726. The summed E-state index contributed by atoms with van der Waals surface area (Å²) in [5, 5.41) is 8.48. The molecule has 0 unspecified atom stereocenters. The molecule has 16 heavy (non-hydrogen) atoms. The number of hydrogen-bond donors (Lipinski definition) is 1. The molecule has 1 amide bonds. The molecule has 1 aliphatic rings. The second kappa shape index (κ2) is 6.44. The van der Waals surface area contributed by atoms with Crippen LogP contribution in [-0.4, -0.2) is 54.5 Å². The topological polar surface area (TPSA) is 76.1 Å². The molecule has 6 heteroatoms. The van der Waals surface area contributed by atoms with Crippen LogP contribution in [0.15, 0.2) is 0 Å². The normalized spacial score (nSPS) is 20.8. The Labute approximate surface area is 94.1 Å². The van der Waals surface area contributed by atoms with E-state index in [1.807, 2.05) is 6.92 Å². The molecule has 0 aromatic rings. The number of carboxylic acid groups (broad SMARTS) is 1. The summed E-state index contributed by atoms with van der Waals surface area (Å²) in [4.78, 5) is 23.5. The van der Waals surface area contributed by atoms with Crippen LogP contribution in [-0.2, 0) is 19.1 Å². The highest BCUT2D eigenvalue weighted by molar-refractivity contribution is 5.80. The van der Waals surface area contributed by atoms with Crippen LogP contribution in [0.4, 0.5) is 0 Å². The zero-order valence-corrected chi connectivity index (χ0v) is 9.35. The van der Waals surface area contributed by atoms with E-state index in [1.54, 1.807) is 4.90 Å². The summed E-state index contributed by atoms with van der Waals surface area (Å²) in [6, 6.07) is 0. The van der Waals surface area contributed by atoms with E-state index in [2.05, 4.69) is 0 Å². The third-order valence-electron chi connectivity index (χ3n) is 2.29. The number of aliphatic carboxylic acids is 1. The van der Waals surface area contributed by atoms with Crippen molar-refractivity contribution in [1.29, 1.82) is 0 Å². The average Bonchev–Trinajstić information content (AvgIpc) is 2.26. The number of amides is 1. The van der Waals surface area contributed by atoms with Gasteiger partial charge in [0.25, 0.3) is 0 Å². The van der Waals surface area contributed by atoms with Crippen LogP contribution in [0.2, 0.25) is 0 Å². The molecular weight excluding hydrogens is 214 g/mol. The third-order valence-corrected chi connectivity index (χ3v) is 2.29. The van der Waals surface area contributed by atoms with E-state index in [4.69, 9.17) is 14.6 Å². The van der Waals surface area contributed by atoms with E-state index in [1.165, 1.54) is 0 Å². The molecule has 0 aromatic carbocycles. The number of carbonyl (C=O) groups excluding carboxylic acids is 1. The summed E-state index contributed by atoms with van der Waals surface area (Å²) in [6.45, 7) is 3.70. The number of carboxylic acids is 1. The van der Waals surface area contributed by atoms with E-state index >= 15 is 0 Å². The summed E-state index contributed by atoms with van der Waals surface area (Å²) in [7, 11) is 0. The van der Waals surface area contributed by atoms with Gasteiger partial charge in [0.15, 0.2) is 6.29 Å². The molecular formula is C10H17NO5. The van der Waals surface area contributed by atoms with Crippen LogP contribution in [0, 0.1) is 0 Å². The number of ether oxygens (including phenoxy) is 2. The van der Waals surface area contributed by atoms with E-state index < -0.39 is 5.97 Å². The number of hydrogen-bond acceptors (Lipinski definition) is 4. The van der Waals surface area contributed by atoms with Gasteiger partial charge < -0.3 is 19.5 Å². The Morgan fingerprint density at radius 2 is 2.25 bits per heavy atom. The highest BCUT2D eigenvalue weighted by Crippen LogP contribution is 2.08. The Bertz CT molecular complexity index is 254. The largest absolute Gasteiger partial charge is 0.481 e. The minimum absolute atomic E-state index is 0.0359. The number of carbonyl (C=O) groups is 2. The molecule has 1 aliphatic heterocycles. The van der Waals surface area contributed by atoms with Crippen molar-refractivity contribution in [2.24, 2.45) is 0 Å². The Balaban J connectivity index is 2.34. The van der Waals surface area contributed by atoms with Crippen molar-refractivity contribution in [2.45, 2.75) is 26.1 Å². The van der Waals surface area contributed by atoms with Crippen molar-refractivity contribution in [3.05, 3.63) is 0 Å². The zero-order chi connectivity index (χ0) is 12.0. The third kappa shape index (κ3) is 4.16. The van der Waals surface area contributed by atoms with Crippen LogP contribution in [0.5, 0.6) is 0 Å². The van der Waals surface area contributed by atoms with Gasteiger partial charge >= 0.3 is 5.97 Å². The van der Waals surface area contributed by atoms with Crippen LogP contribution in [0.25, 0.3) is 0 Å². The standard InChI is InChI=1S/C10H17NO5/c1-2-15-10-7-11(5-6-16-10)8(12)3-4-9(13)14/h10H,2-7H2,1H3,(H,13,14)/t10-/m1/s1. The second-order valence-corrected chi connectivity index (χ2v) is 3.49. The Morgan fingerprint density at radius 1 is 1.50 bits per heavy atom. The van der Waals surface area contributed by atoms with Crippen LogP contribution in [0.1, 0.15) is 19.8 Å². The number of nitrogens with zero attached hydrogens (tertiary/aromatic N) is 1. The van der Waals surface area contributed by atoms with E-state index in [9.17, 15) is 9.59 Å². The molecule has 0 aliphatic carbocycles. The molecule has 1 rings (SSSR count). The van der Waals surface area contributed by atoms with Crippen LogP contribution < -0.4 is 0 Å². The Hall–Kier alpha value is -1.14. The van der Waals surface area contributed by atoms with Gasteiger partial charge in [-0.05, 0) is 6.92 Å². The van der Waals surface area contributed by atoms with Gasteiger partial charge in [-0.1, -0.05) is 0 Å². The van der Waals surface area contributed by atoms with Crippen molar-refractivity contribution in [2.75, 3.05) is 26.3 Å². The first kappa shape index (κ1) is 12.9. The lowest BCUT2D eigenvalue weighted by atomic mass is 10.2.